The maximum absolute atomic E-state index is 12.2. The molecule has 1 rings (SSSR count). The van der Waals surface area contributed by atoms with Crippen LogP contribution >= 0.6 is 0 Å². The normalized spacial score (nSPS) is 10.9. The Hall–Kier alpha value is -1.57. The second-order valence-corrected chi connectivity index (χ2v) is 4.87. The third-order valence-corrected chi connectivity index (χ3v) is 3.28. The van der Waals surface area contributed by atoms with E-state index in [4.69, 9.17) is 0 Å². The third-order valence-electron chi connectivity index (χ3n) is 3.28. The highest BCUT2D eigenvalue weighted by Gasteiger charge is 2.12. The van der Waals surface area contributed by atoms with Crippen molar-refractivity contribution in [1.29, 1.82) is 0 Å². The first-order valence-corrected chi connectivity index (χ1v) is 7.12. The third kappa shape index (κ3) is 5.29. The lowest BCUT2D eigenvalue weighted by Gasteiger charge is -2.23. The fraction of sp³-hybridized carbons (Fsp3) is 0.471. The molecular formula is C17H25NO. The summed E-state index contributed by atoms with van der Waals surface area (Å²) < 4.78 is 0. The number of hydrogen-bond acceptors (Lipinski definition) is 1. The van der Waals surface area contributed by atoms with Crippen molar-refractivity contribution in [2.24, 2.45) is 0 Å². The van der Waals surface area contributed by atoms with E-state index in [-0.39, 0.29) is 5.91 Å². The fourth-order valence-electron chi connectivity index (χ4n) is 1.98. The molecule has 1 aromatic rings. The van der Waals surface area contributed by atoms with E-state index in [2.05, 4.69) is 26.0 Å². The van der Waals surface area contributed by atoms with Gasteiger partial charge in [-0.15, -0.1) is 0 Å². The summed E-state index contributed by atoms with van der Waals surface area (Å²) in [6.45, 7) is 7.78. The van der Waals surface area contributed by atoms with E-state index in [1.54, 1.807) is 0 Å². The van der Waals surface area contributed by atoms with Crippen molar-refractivity contribution in [3.63, 3.8) is 0 Å². The van der Waals surface area contributed by atoms with Gasteiger partial charge in [0.2, 0.25) is 5.91 Å². The number of nitrogens with zero attached hydrogens (tertiary/aromatic N) is 1. The average molecular weight is 259 g/mol. The van der Waals surface area contributed by atoms with Gasteiger partial charge >= 0.3 is 0 Å². The first-order valence-electron chi connectivity index (χ1n) is 7.12. The molecule has 0 bridgehead atoms. The summed E-state index contributed by atoms with van der Waals surface area (Å²) in [5.74, 6) is 0.217. The van der Waals surface area contributed by atoms with Gasteiger partial charge in [-0.25, -0.2) is 0 Å². The number of carbonyl (C=O) groups is 1. The van der Waals surface area contributed by atoms with Crippen LogP contribution < -0.4 is 0 Å². The number of allylic oxidation sites excluding steroid dienone is 1. The Morgan fingerprint density at radius 3 is 2.68 bits per heavy atom. The average Bonchev–Trinajstić information content (AvgIpc) is 2.42. The molecule has 0 N–H and O–H groups in total. The molecule has 0 spiro atoms. The number of unbranched alkanes of at least 4 members (excludes halogenated alkanes) is 1. The van der Waals surface area contributed by atoms with Crippen LogP contribution in [-0.2, 0) is 11.3 Å². The number of carbonyl (C=O) groups excluding carboxylic acids is 1. The number of aryl methyl sites for hydroxylation is 1. The SMILES string of the molecule is C/C=C/CC(=O)N(CCCC)Cc1ccccc1C. The van der Waals surface area contributed by atoms with Gasteiger partial charge in [-0.1, -0.05) is 49.8 Å². The van der Waals surface area contributed by atoms with Crippen molar-refractivity contribution in [2.75, 3.05) is 6.54 Å². The van der Waals surface area contributed by atoms with Crippen LogP contribution in [0.25, 0.3) is 0 Å². The van der Waals surface area contributed by atoms with E-state index in [9.17, 15) is 4.79 Å². The summed E-state index contributed by atoms with van der Waals surface area (Å²) in [5.41, 5.74) is 2.50. The Bertz CT molecular complexity index is 423. The molecule has 0 aliphatic heterocycles. The predicted octanol–water partition coefficient (Wildman–Crippen LogP) is 4.09. The summed E-state index contributed by atoms with van der Waals surface area (Å²) in [4.78, 5) is 14.2. The van der Waals surface area contributed by atoms with E-state index in [1.807, 2.05) is 36.1 Å². The van der Waals surface area contributed by atoms with E-state index < -0.39 is 0 Å². The van der Waals surface area contributed by atoms with Crippen LogP contribution in [0.4, 0.5) is 0 Å². The fourth-order valence-corrected chi connectivity index (χ4v) is 1.98. The molecule has 104 valence electrons. The quantitative estimate of drug-likeness (QED) is 0.675. The Kier molecular flexibility index (Phi) is 6.94. The zero-order chi connectivity index (χ0) is 14.1. The lowest BCUT2D eigenvalue weighted by molar-refractivity contribution is -0.131. The van der Waals surface area contributed by atoms with Crippen molar-refractivity contribution in [3.05, 3.63) is 47.5 Å². The van der Waals surface area contributed by atoms with Crippen molar-refractivity contribution in [2.45, 2.75) is 46.6 Å². The van der Waals surface area contributed by atoms with Gasteiger partial charge in [0, 0.05) is 19.5 Å². The Morgan fingerprint density at radius 2 is 2.05 bits per heavy atom. The molecule has 0 radical (unpaired) electrons. The minimum absolute atomic E-state index is 0.217. The molecule has 2 nitrogen and oxygen atoms in total. The summed E-state index contributed by atoms with van der Waals surface area (Å²) in [7, 11) is 0. The number of hydrogen-bond donors (Lipinski definition) is 0. The van der Waals surface area contributed by atoms with Crippen LogP contribution in [0.3, 0.4) is 0 Å². The Morgan fingerprint density at radius 1 is 1.32 bits per heavy atom. The van der Waals surface area contributed by atoms with Gasteiger partial charge in [0.1, 0.15) is 0 Å². The topological polar surface area (TPSA) is 20.3 Å². The van der Waals surface area contributed by atoms with Crippen molar-refractivity contribution >= 4 is 5.91 Å². The first kappa shape index (κ1) is 15.5. The molecule has 0 fully saturated rings. The molecule has 0 aromatic heterocycles. The maximum atomic E-state index is 12.2. The molecule has 0 saturated carbocycles. The molecule has 0 atom stereocenters. The first-order chi connectivity index (χ1) is 9.19. The van der Waals surface area contributed by atoms with Gasteiger partial charge in [0.25, 0.3) is 0 Å². The van der Waals surface area contributed by atoms with E-state index in [1.165, 1.54) is 11.1 Å². The van der Waals surface area contributed by atoms with Crippen molar-refractivity contribution in [3.8, 4) is 0 Å². The van der Waals surface area contributed by atoms with E-state index in [0.29, 0.717) is 6.42 Å². The molecule has 0 saturated heterocycles. The molecule has 0 aliphatic rings. The minimum atomic E-state index is 0.217. The molecule has 1 amide bonds. The van der Waals surface area contributed by atoms with Gasteiger partial charge in [-0.2, -0.15) is 0 Å². The molecular weight excluding hydrogens is 234 g/mol. The van der Waals surface area contributed by atoms with E-state index >= 15 is 0 Å². The second-order valence-electron chi connectivity index (χ2n) is 4.87. The minimum Gasteiger partial charge on any atom is -0.338 e. The van der Waals surface area contributed by atoms with Crippen LogP contribution in [0.2, 0.25) is 0 Å². The van der Waals surface area contributed by atoms with Gasteiger partial charge < -0.3 is 4.90 Å². The largest absolute Gasteiger partial charge is 0.338 e. The van der Waals surface area contributed by atoms with Gasteiger partial charge in [0.15, 0.2) is 0 Å². The number of rotatable bonds is 7. The monoisotopic (exact) mass is 259 g/mol. The molecule has 0 unspecified atom stereocenters. The Balaban J connectivity index is 2.73. The zero-order valence-corrected chi connectivity index (χ0v) is 12.4. The van der Waals surface area contributed by atoms with Crippen LogP contribution in [0.5, 0.6) is 0 Å². The molecule has 0 aliphatic carbocycles. The summed E-state index contributed by atoms with van der Waals surface area (Å²) in [5, 5.41) is 0. The van der Waals surface area contributed by atoms with Crippen molar-refractivity contribution < 1.29 is 4.79 Å². The molecule has 2 heteroatoms. The second kappa shape index (κ2) is 8.52. The highest BCUT2D eigenvalue weighted by Crippen LogP contribution is 2.12. The molecule has 19 heavy (non-hydrogen) atoms. The standard InChI is InChI=1S/C17H25NO/c1-4-6-12-17(19)18(13-7-5-2)14-16-11-9-8-10-15(16)3/h4,6,8-11H,5,7,12-14H2,1-3H3/b6-4+. The maximum Gasteiger partial charge on any atom is 0.226 e. The Labute approximate surface area is 117 Å². The van der Waals surface area contributed by atoms with Crippen LogP contribution in [0.1, 0.15) is 44.2 Å². The summed E-state index contributed by atoms with van der Waals surface area (Å²) >= 11 is 0. The van der Waals surface area contributed by atoms with Crippen LogP contribution in [0, 0.1) is 6.92 Å². The van der Waals surface area contributed by atoms with Crippen LogP contribution in [0.15, 0.2) is 36.4 Å². The lowest BCUT2D eigenvalue weighted by atomic mass is 10.1. The number of amides is 1. The van der Waals surface area contributed by atoms with Gasteiger partial charge in [0.05, 0.1) is 0 Å². The smallest absolute Gasteiger partial charge is 0.226 e. The predicted molar refractivity (Wildman–Crippen MR) is 80.9 cm³/mol. The van der Waals surface area contributed by atoms with Gasteiger partial charge in [-0.05, 0) is 31.4 Å². The zero-order valence-electron chi connectivity index (χ0n) is 12.4. The molecule has 1 aromatic carbocycles. The van der Waals surface area contributed by atoms with Crippen molar-refractivity contribution in [1.82, 2.24) is 4.90 Å². The summed E-state index contributed by atoms with van der Waals surface area (Å²) in [6.07, 6.45) is 6.55. The number of benzene rings is 1. The van der Waals surface area contributed by atoms with E-state index in [0.717, 1.165) is 25.9 Å². The molecule has 0 heterocycles. The highest BCUT2D eigenvalue weighted by atomic mass is 16.2. The van der Waals surface area contributed by atoms with Gasteiger partial charge in [-0.3, -0.25) is 4.79 Å². The van der Waals surface area contributed by atoms with Crippen LogP contribution in [-0.4, -0.2) is 17.4 Å². The lowest BCUT2D eigenvalue weighted by Crippen LogP contribution is -2.31. The summed E-state index contributed by atoms with van der Waals surface area (Å²) in [6, 6.07) is 8.29. The highest BCUT2D eigenvalue weighted by molar-refractivity contribution is 5.77.